The van der Waals surface area contributed by atoms with Crippen LogP contribution >= 0.6 is 0 Å². The van der Waals surface area contributed by atoms with Crippen molar-refractivity contribution in [3.05, 3.63) is 0 Å². The standard InChI is InChI=1S/C13H12F3NO5/c1-11(2,4-17)9(18)21-6-5-3-12(13(14,15)16)8(20-5)7(6)22-10(12)19/h5-8H,3H2,1-2H3. The van der Waals surface area contributed by atoms with Crippen LogP contribution in [0.4, 0.5) is 13.2 Å². The van der Waals surface area contributed by atoms with E-state index in [1.165, 1.54) is 13.8 Å². The van der Waals surface area contributed by atoms with Crippen LogP contribution in [-0.2, 0) is 23.8 Å². The molecule has 0 aliphatic carbocycles. The molecule has 9 heteroatoms. The summed E-state index contributed by atoms with van der Waals surface area (Å²) in [6, 6.07) is 1.74. The van der Waals surface area contributed by atoms with E-state index in [0.717, 1.165) is 0 Å². The van der Waals surface area contributed by atoms with Crippen molar-refractivity contribution in [2.45, 2.75) is 50.9 Å². The first-order valence-corrected chi connectivity index (χ1v) is 6.60. The van der Waals surface area contributed by atoms with Crippen molar-refractivity contribution in [1.29, 1.82) is 5.26 Å². The van der Waals surface area contributed by atoms with Gasteiger partial charge in [-0.25, -0.2) is 0 Å². The van der Waals surface area contributed by atoms with Crippen LogP contribution < -0.4 is 0 Å². The first kappa shape index (κ1) is 15.1. The van der Waals surface area contributed by atoms with E-state index in [2.05, 4.69) is 0 Å². The predicted molar refractivity (Wildman–Crippen MR) is 60.9 cm³/mol. The van der Waals surface area contributed by atoms with Gasteiger partial charge in [0.2, 0.25) is 0 Å². The molecule has 3 aliphatic rings. The van der Waals surface area contributed by atoms with E-state index in [1.54, 1.807) is 6.07 Å². The summed E-state index contributed by atoms with van der Waals surface area (Å²) in [4.78, 5) is 23.6. The molecule has 3 heterocycles. The molecule has 120 valence electrons. The van der Waals surface area contributed by atoms with Gasteiger partial charge in [0.1, 0.15) is 17.6 Å². The van der Waals surface area contributed by atoms with Gasteiger partial charge in [-0.15, -0.1) is 0 Å². The van der Waals surface area contributed by atoms with Crippen LogP contribution in [0.3, 0.4) is 0 Å². The molecule has 3 saturated heterocycles. The fourth-order valence-electron chi connectivity index (χ4n) is 3.13. The van der Waals surface area contributed by atoms with E-state index < -0.39 is 59.8 Å². The van der Waals surface area contributed by atoms with Crippen molar-refractivity contribution in [3.63, 3.8) is 0 Å². The zero-order valence-electron chi connectivity index (χ0n) is 11.6. The number of carbonyl (C=O) groups excluding carboxylic acids is 2. The Morgan fingerprint density at radius 2 is 2.09 bits per heavy atom. The molecule has 5 unspecified atom stereocenters. The second-order valence-corrected chi connectivity index (χ2v) is 6.25. The summed E-state index contributed by atoms with van der Waals surface area (Å²) in [7, 11) is 0. The van der Waals surface area contributed by atoms with Crippen molar-refractivity contribution < 1.29 is 37.0 Å². The highest BCUT2D eigenvalue weighted by Gasteiger charge is 2.82. The molecule has 5 atom stereocenters. The molecule has 22 heavy (non-hydrogen) atoms. The fraction of sp³-hybridized carbons (Fsp3) is 0.769. The first-order chi connectivity index (χ1) is 10.0. The molecule has 0 aromatic carbocycles. The lowest BCUT2D eigenvalue weighted by atomic mass is 9.73. The minimum absolute atomic E-state index is 0.637. The van der Waals surface area contributed by atoms with E-state index in [9.17, 15) is 22.8 Å². The highest BCUT2D eigenvalue weighted by atomic mass is 19.4. The molecular weight excluding hydrogens is 307 g/mol. The topological polar surface area (TPSA) is 85.6 Å². The molecule has 3 rings (SSSR count). The van der Waals surface area contributed by atoms with Gasteiger partial charge in [-0.2, -0.15) is 18.4 Å². The maximum Gasteiger partial charge on any atom is 0.407 e. The number of fused-ring (bicyclic) bond motifs is 1. The summed E-state index contributed by atoms with van der Waals surface area (Å²) < 4.78 is 54.8. The van der Waals surface area contributed by atoms with Gasteiger partial charge < -0.3 is 14.2 Å². The Balaban J connectivity index is 1.85. The molecule has 0 saturated carbocycles. The number of ether oxygens (including phenoxy) is 3. The minimum Gasteiger partial charge on any atom is -0.455 e. The minimum atomic E-state index is -4.79. The largest absolute Gasteiger partial charge is 0.455 e. The van der Waals surface area contributed by atoms with Crippen molar-refractivity contribution in [1.82, 2.24) is 0 Å². The van der Waals surface area contributed by atoms with Gasteiger partial charge >= 0.3 is 18.1 Å². The Morgan fingerprint density at radius 1 is 1.45 bits per heavy atom. The van der Waals surface area contributed by atoms with Gasteiger partial charge in [0.15, 0.2) is 17.6 Å². The normalized spacial score (nSPS) is 39.5. The SMILES string of the molecule is CC(C)(C#N)C(=O)OC1C2CC3(C(F)(F)F)C(=O)OC1C3O2. The third-order valence-electron chi connectivity index (χ3n) is 4.47. The Morgan fingerprint density at radius 3 is 2.64 bits per heavy atom. The number of alkyl halides is 3. The zero-order chi connectivity index (χ0) is 16.5. The fourth-order valence-corrected chi connectivity index (χ4v) is 3.13. The highest BCUT2D eigenvalue weighted by Crippen LogP contribution is 2.62. The van der Waals surface area contributed by atoms with Crippen molar-refractivity contribution in [2.24, 2.45) is 10.8 Å². The number of esters is 2. The molecule has 6 nitrogen and oxygen atoms in total. The average Bonchev–Trinajstić information content (AvgIpc) is 3.00. The number of hydrogen-bond donors (Lipinski definition) is 0. The van der Waals surface area contributed by atoms with E-state index in [4.69, 9.17) is 19.5 Å². The summed E-state index contributed by atoms with van der Waals surface area (Å²) in [5, 5.41) is 8.88. The third kappa shape index (κ3) is 1.64. The second kappa shape index (κ2) is 4.13. The zero-order valence-corrected chi connectivity index (χ0v) is 11.6. The molecule has 0 spiro atoms. The number of carbonyl (C=O) groups is 2. The monoisotopic (exact) mass is 319 g/mol. The van der Waals surface area contributed by atoms with Gasteiger partial charge in [0.25, 0.3) is 0 Å². The Bertz CT molecular complexity index is 595. The van der Waals surface area contributed by atoms with Crippen molar-refractivity contribution in [2.75, 3.05) is 0 Å². The summed E-state index contributed by atoms with van der Waals surface area (Å²) >= 11 is 0. The number of halogens is 3. The number of nitriles is 1. The highest BCUT2D eigenvalue weighted by molar-refractivity contribution is 5.83. The molecule has 0 aromatic rings. The summed E-state index contributed by atoms with van der Waals surface area (Å²) in [6.07, 6.45) is -10.4. The van der Waals surface area contributed by atoms with Crippen LogP contribution in [0, 0.1) is 22.2 Å². The number of nitrogens with zero attached hydrogens (tertiary/aromatic N) is 1. The van der Waals surface area contributed by atoms with Gasteiger partial charge in [0.05, 0.1) is 6.07 Å². The lowest BCUT2D eigenvalue weighted by molar-refractivity contribution is -0.228. The van der Waals surface area contributed by atoms with E-state index >= 15 is 0 Å². The third-order valence-corrected chi connectivity index (χ3v) is 4.47. The van der Waals surface area contributed by atoms with Crippen LogP contribution in [0.5, 0.6) is 0 Å². The van der Waals surface area contributed by atoms with Crippen molar-refractivity contribution >= 4 is 11.9 Å². The van der Waals surface area contributed by atoms with E-state index in [1.807, 2.05) is 0 Å². The summed E-state index contributed by atoms with van der Waals surface area (Å²) in [5.41, 5.74) is -4.12. The quantitative estimate of drug-likeness (QED) is 0.708. The van der Waals surface area contributed by atoms with Gasteiger partial charge in [-0.05, 0) is 13.8 Å². The molecular formula is C13H12F3NO5. The maximum atomic E-state index is 13.3. The molecule has 2 bridgehead atoms. The van der Waals surface area contributed by atoms with Crippen LogP contribution in [0.1, 0.15) is 20.3 Å². The smallest absolute Gasteiger partial charge is 0.407 e. The van der Waals surface area contributed by atoms with Gasteiger partial charge in [0, 0.05) is 6.42 Å². The van der Waals surface area contributed by atoms with Crippen LogP contribution in [0.2, 0.25) is 0 Å². The van der Waals surface area contributed by atoms with Gasteiger partial charge in [-0.1, -0.05) is 0 Å². The second-order valence-electron chi connectivity index (χ2n) is 6.25. The van der Waals surface area contributed by atoms with Crippen LogP contribution in [-0.4, -0.2) is 42.5 Å². The Hall–Kier alpha value is -1.82. The van der Waals surface area contributed by atoms with Crippen molar-refractivity contribution in [3.8, 4) is 6.07 Å². The Labute approximate surface area is 123 Å². The molecule has 3 fully saturated rings. The summed E-state index contributed by atoms with van der Waals surface area (Å²) in [5.74, 6) is -2.28. The van der Waals surface area contributed by atoms with Crippen LogP contribution in [0.25, 0.3) is 0 Å². The first-order valence-electron chi connectivity index (χ1n) is 6.60. The van der Waals surface area contributed by atoms with Crippen LogP contribution in [0.15, 0.2) is 0 Å². The lowest BCUT2D eigenvalue weighted by Gasteiger charge is -2.30. The van der Waals surface area contributed by atoms with E-state index in [0.29, 0.717) is 0 Å². The number of rotatable bonds is 2. The summed E-state index contributed by atoms with van der Waals surface area (Å²) in [6.45, 7) is 2.65. The van der Waals surface area contributed by atoms with Gasteiger partial charge in [-0.3, -0.25) is 9.59 Å². The molecule has 3 aliphatic heterocycles. The number of hydrogen-bond acceptors (Lipinski definition) is 6. The van der Waals surface area contributed by atoms with E-state index in [-0.39, 0.29) is 0 Å². The Kier molecular flexibility index (Phi) is 2.83. The molecule has 0 radical (unpaired) electrons. The lowest BCUT2D eigenvalue weighted by Crippen LogP contribution is -2.52. The predicted octanol–water partition coefficient (Wildman–Crippen LogP) is 1.09. The molecule has 0 aromatic heterocycles. The maximum absolute atomic E-state index is 13.3. The molecule has 0 amide bonds. The average molecular weight is 319 g/mol. The molecule has 0 N–H and O–H groups in total.